The zero-order valence-electron chi connectivity index (χ0n) is 10.3. The molecule has 1 aliphatic carbocycles. The van der Waals surface area contributed by atoms with E-state index in [-0.39, 0.29) is 24.1 Å². The van der Waals surface area contributed by atoms with Crippen molar-refractivity contribution in [1.82, 2.24) is 5.32 Å². The van der Waals surface area contributed by atoms with Crippen LogP contribution in [0, 0.1) is 0 Å². The van der Waals surface area contributed by atoms with Gasteiger partial charge in [-0.3, -0.25) is 4.79 Å². The van der Waals surface area contributed by atoms with Crippen LogP contribution in [0.2, 0.25) is 0 Å². The number of hydrogen-bond acceptors (Lipinski definition) is 3. The first-order valence-corrected chi connectivity index (χ1v) is 8.06. The van der Waals surface area contributed by atoms with Crippen molar-refractivity contribution in [2.75, 3.05) is 12.0 Å². The summed E-state index contributed by atoms with van der Waals surface area (Å²) in [4.78, 5) is 11.7. The Labute approximate surface area is 107 Å². The number of benzene rings is 1. The van der Waals surface area contributed by atoms with Crippen molar-refractivity contribution in [3.05, 3.63) is 35.4 Å². The highest BCUT2D eigenvalue weighted by Crippen LogP contribution is 2.30. The third kappa shape index (κ3) is 3.32. The molecule has 1 unspecified atom stereocenters. The molecular formula is C13H17NO3S. The van der Waals surface area contributed by atoms with E-state index in [0.29, 0.717) is 0 Å². The van der Waals surface area contributed by atoms with Crippen LogP contribution in [-0.4, -0.2) is 26.3 Å². The lowest BCUT2D eigenvalue weighted by Crippen LogP contribution is -2.28. The molecule has 1 atom stereocenters. The first-order chi connectivity index (χ1) is 8.46. The molecule has 0 fully saturated rings. The molecule has 5 heteroatoms. The van der Waals surface area contributed by atoms with Gasteiger partial charge in [-0.2, -0.15) is 0 Å². The highest BCUT2D eigenvalue weighted by molar-refractivity contribution is 7.90. The van der Waals surface area contributed by atoms with E-state index in [0.717, 1.165) is 24.7 Å². The summed E-state index contributed by atoms with van der Waals surface area (Å²) in [6, 6.07) is 8.07. The number of carbonyl (C=O) groups excluding carboxylic acids is 1. The van der Waals surface area contributed by atoms with E-state index < -0.39 is 9.84 Å². The van der Waals surface area contributed by atoms with E-state index >= 15 is 0 Å². The van der Waals surface area contributed by atoms with E-state index in [9.17, 15) is 13.2 Å². The number of rotatable bonds is 4. The lowest BCUT2D eigenvalue weighted by molar-refractivity contribution is -0.121. The van der Waals surface area contributed by atoms with Gasteiger partial charge in [0, 0.05) is 12.7 Å². The maximum absolute atomic E-state index is 11.7. The normalized spacial score (nSPS) is 18.4. The number of fused-ring (bicyclic) bond motifs is 1. The first kappa shape index (κ1) is 13.1. The highest BCUT2D eigenvalue weighted by Gasteiger charge is 2.23. The molecule has 0 aromatic heterocycles. The van der Waals surface area contributed by atoms with Gasteiger partial charge in [0.05, 0.1) is 11.8 Å². The molecule has 0 aliphatic heterocycles. The van der Waals surface area contributed by atoms with Crippen LogP contribution >= 0.6 is 0 Å². The van der Waals surface area contributed by atoms with Crippen molar-refractivity contribution in [3.8, 4) is 0 Å². The van der Waals surface area contributed by atoms with Crippen molar-refractivity contribution >= 4 is 15.7 Å². The molecule has 0 heterocycles. The maximum Gasteiger partial charge on any atom is 0.221 e. The van der Waals surface area contributed by atoms with Gasteiger partial charge in [-0.1, -0.05) is 24.3 Å². The number of hydrogen-bond donors (Lipinski definition) is 1. The van der Waals surface area contributed by atoms with Gasteiger partial charge >= 0.3 is 0 Å². The highest BCUT2D eigenvalue weighted by atomic mass is 32.2. The molecule has 0 radical (unpaired) electrons. The van der Waals surface area contributed by atoms with Crippen molar-refractivity contribution in [2.24, 2.45) is 0 Å². The summed E-state index contributed by atoms with van der Waals surface area (Å²) in [6.45, 7) is 0. The fraction of sp³-hybridized carbons (Fsp3) is 0.462. The summed E-state index contributed by atoms with van der Waals surface area (Å²) < 4.78 is 22.0. The van der Waals surface area contributed by atoms with Gasteiger partial charge in [0.1, 0.15) is 9.84 Å². The van der Waals surface area contributed by atoms with E-state index in [1.165, 1.54) is 5.56 Å². The Bertz CT molecular complexity index is 551. The molecule has 1 aromatic rings. The molecule has 0 saturated heterocycles. The van der Waals surface area contributed by atoms with Crippen LogP contribution in [0.25, 0.3) is 0 Å². The van der Waals surface area contributed by atoms with Gasteiger partial charge in [0.15, 0.2) is 0 Å². The summed E-state index contributed by atoms with van der Waals surface area (Å²) in [7, 11) is -3.07. The minimum Gasteiger partial charge on any atom is -0.349 e. The van der Waals surface area contributed by atoms with Crippen molar-refractivity contribution < 1.29 is 13.2 Å². The molecule has 2 rings (SSSR count). The minimum absolute atomic E-state index is 0.0354. The van der Waals surface area contributed by atoms with E-state index in [2.05, 4.69) is 11.4 Å². The molecule has 1 aromatic carbocycles. The minimum atomic E-state index is -3.07. The molecule has 18 heavy (non-hydrogen) atoms. The molecular weight excluding hydrogens is 250 g/mol. The number of sulfone groups is 1. The quantitative estimate of drug-likeness (QED) is 0.892. The fourth-order valence-corrected chi connectivity index (χ4v) is 2.81. The zero-order valence-corrected chi connectivity index (χ0v) is 11.2. The van der Waals surface area contributed by atoms with E-state index in [4.69, 9.17) is 0 Å². The number of amides is 1. The van der Waals surface area contributed by atoms with Crippen LogP contribution in [0.15, 0.2) is 24.3 Å². The van der Waals surface area contributed by atoms with Crippen molar-refractivity contribution in [2.45, 2.75) is 25.3 Å². The molecule has 0 saturated carbocycles. The van der Waals surface area contributed by atoms with Crippen LogP contribution in [0.5, 0.6) is 0 Å². The van der Waals surface area contributed by atoms with Gasteiger partial charge in [-0.25, -0.2) is 8.42 Å². The van der Waals surface area contributed by atoms with Crippen LogP contribution in [0.3, 0.4) is 0 Å². The molecule has 1 aliphatic rings. The second-order valence-corrected chi connectivity index (χ2v) is 7.00. The average Bonchev–Trinajstić information content (AvgIpc) is 2.70. The Balaban J connectivity index is 1.94. The smallest absolute Gasteiger partial charge is 0.221 e. The Kier molecular flexibility index (Phi) is 3.71. The lowest BCUT2D eigenvalue weighted by Gasteiger charge is -2.13. The van der Waals surface area contributed by atoms with Gasteiger partial charge in [0.2, 0.25) is 5.91 Å². The van der Waals surface area contributed by atoms with Crippen LogP contribution < -0.4 is 5.32 Å². The molecule has 1 N–H and O–H groups in total. The Hall–Kier alpha value is -1.36. The molecule has 0 bridgehead atoms. The standard InChI is InChI=1S/C13H17NO3S/c1-18(16,17)9-8-13(15)14-12-7-6-10-4-2-3-5-11(10)12/h2-5,12H,6-9H2,1H3,(H,14,15). The second kappa shape index (κ2) is 5.10. The van der Waals surface area contributed by atoms with Crippen LogP contribution in [-0.2, 0) is 21.1 Å². The SMILES string of the molecule is CS(=O)(=O)CCC(=O)NC1CCc2ccccc21. The fourth-order valence-electron chi connectivity index (χ4n) is 2.25. The van der Waals surface area contributed by atoms with Gasteiger partial charge < -0.3 is 5.32 Å². The van der Waals surface area contributed by atoms with Crippen LogP contribution in [0.4, 0.5) is 0 Å². The molecule has 1 amide bonds. The topological polar surface area (TPSA) is 63.2 Å². The second-order valence-electron chi connectivity index (χ2n) is 4.74. The maximum atomic E-state index is 11.7. The lowest BCUT2D eigenvalue weighted by atomic mass is 10.1. The van der Waals surface area contributed by atoms with Gasteiger partial charge in [-0.05, 0) is 24.0 Å². The molecule has 4 nitrogen and oxygen atoms in total. The van der Waals surface area contributed by atoms with Crippen molar-refractivity contribution in [1.29, 1.82) is 0 Å². The summed E-state index contributed by atoms with van der Waals surface area (Å²) >= 11 is 0. The molecule has 0 spiro atoms. The van der Waals surface area contributed by atoms with E-state index in [1.54, 1.807) is 0 Å². The van der Waals surface area contributed by atoms with Gasteiger partial charge in [0.25, 0.3) is 0 Å². The number of aryl methyl sites for hydroxylation is 1. The first-order valence-electron chi connectivity index (χ1n) is 6.00. The largest absolute Gasteiger partial charge is 0.349 e. The summed E-state index contributed by atoms with van der Waals surface area (Å²) in [5.41, 5.74) is 2.43. The number of nitrogens with one attached hydrogen (secondary N) is 1. The summed E-state index contributed by atoms with van der Waals surface area (Å²) in [5, 5.41) is 2.90. The third-order valence-corrected chi connectivity index (χ3v) is 4.11. The van der Waals surface area contributed by atoms with Gasteiger partial charge in [-0.15, -0.1) is 0 Å². The van der Waals surface area contributed by atoms with E-state index in [1.807, 2.05) is 18.2 Å². The summed E-state index contributed by atoms with van der Waals surface area (Å²) in [5.74, 6) is -0.283. The monoisotopic (exact) mass is 267 g/mol. The Morgan fingerprint density at radius 1 is 1.39 bits per heavy atom. The van der Waals surface area contributed by atoms with Crippen molar-refractivity contribution in [3.63, 3.8) is 0 Å². The number of carbonyl (C=O) groups is 1. The third-order valence-electron chi connectivity index (χ3n) is 3.17. The Morgan fingerprint density at radius 2 is 2.11 bits per heavy atom. The summed E-state index contributed by atoms with van der Waals surface area (Å²) in [6.07, 6.45) is 3.04. The zero-order chi connectivity index (χ0) is 13.2. The predicted molar refractivity (Wildman–Crippen MR) is 70.0 cm³/mol. The average molecular weight is 267 g/mol. The Morgan fingerprint density at radius 3 is 2.83 bits per heavy atom. The van der Waals surface area contributed by atoms with Crippen LogP contribution in [0.1, 0.15) is 30.0 Å². The predicted octanol–water partition coefficient (Wildman–Crippen LogP) is 1.22. The molecule has 98 valence electrons.